The lowest BCUT2D eigenvalue weighted by molar-refractivity contribution is -0.105. The molecule has 0 amide bonds. The molecule has 0 aliphatic carbocycles. The summed E-state index contributed by atoms with van der Waals surface area (Å²) in [6, 6.07) is 0. The Morgan fingerprint density at radius 2 is 0.667 bits per heavy atom. The smallest absolute Gasteiger partial charge is 0.145 e. The summed E-state index contributed by atoms with van der Waals surface area (Å²) < 4.78 is 0. The van der Waals surface area contributed by atoms with Crippen LogP contribution in [0.4, 0.5) is 0 Å². The summed E-state index contributed by atoms with van der Waals surface area (Å²) in [5.74, 6) is 0. The van der Waals surface area contributed by atoms with Gasteiger partial charge in [-0.3, -0.25) is 9.59 Å². The molecule has 142 valence electrons. The lowest BCUT2D eigenvalue weighted by atomic mass is 10.2. The van der Waals surface area contributed by atoms with Crippen LogP contribution < -0.4 is 0 Å². The van der Waals surface area contributed by atoms with Crippen molar-refractivity contribution in [3.8, 4) is 0 Å². The van der Waals surface area contributed by atoms with Crippen molar-refractivity contribution in [1.82, 2.24) is 0 Å². The van der Waals surface area contributed by atoms with Crippen LogP contribution in [0.25, 0.3) is 0 Å². The monoisotopic (exact) mass is 362 g/mol. The lowest BCUT2D eigenvalue weighted by Crippen LogP contribution is -1.73. The van der Waals surface area contributed by atoms with Crippen molar-refractivity contribution in [2.24, 2.45) is 0 Å². The zero-order chi connectivity index (χ0) is 20.5. The van der Waals surface area contributed by atoms with Gasteiger partial charge in [-0.15, -0.1) is 0 Å². The van der Waals surface area contributed by atoms with Gasteiger partial charge in [0.25, 0.3) is 0 Å². The van der Waals surface area contributed by atoms with Gasteiger partial charge in [0.15, 0.2) is 0 Å². The average molecular weight is 363 g/mol. The maximum Gasteiger partial charge on any atom is 0.145 e. The van der Waals surface area contributed by atoms with Gasteiger partial charge in [-0.1, -0.05) is 95.7 Å². The van der Waals surface area contributed by atoms with Crippen LogP contribution in [-0.4, -0.2) is 12.6 Å². The third kappa shape index (κ3) is 15.0. The third-order valence-corrected chi connectivity index (χ3v) is 3.36. The molecule has 27 heavy (non-hydrogen) atoms. The summed E-state index contributed by atoms with van der Waals surface area (Å²) in [4.78, 5) is 21.0. The Morgan fingerprint density at radius 1 is 0.407 bits per heavy atom. The Labute approximate surface area is 164 Å². The van der Waals surface area contributed by atoms with Crippen molar-refractivity contribution in [1.29, 1.82) is 0 Å². The molecule has 0 fully saturated rings. The van der Waals surface area contributed by atoms with Crippen LogP contribution in [0, 0.1) is 0 Å². The standard InChI is InChI=1S/C25H30O2/c1-21(13-8-14-23(3)16-10-18-25(5)20-27)11-6-7-12-22(2)15-9-17-24(4)19-26/h6-20H,1-5H3/b7-6+,13-8+,15-9+,16-10+,21-11+,22-12+,23-14+,24-17+,25-18+. The van der Waals surface area contributed by atoms with Gasteiger partial charge in [0.1, 0.15) is 12.6 Å². The second kappa shape index (κ2) is 15.3. The number of rotatable bonds is 10. The first-order valence-electron chi connectivity index (χ1n) is 8.86. The Hall–Kier alpha value is -3.00. The molecule has 0 radical (unpaired) electrons. The largest absolute Gasteiger partial charge is 0.298 e. The minimum atomic E-state index is 0.701. The Bertz CT molecular complexity index is 758. The molecule has 0 saturated carbocycles. The van der Waals surface area contributed by atoms with Gasteiger partial charge in [0.2, 0.25) is 0 Å². The first-order valence-corrected chi connectivity index (χ1v) is 8.86. The molecule has 0 rings (SSSR count). The van der Waals surface area contributed by atoms with Crippen LogP contribution in [-0.2, 0) is 9.59 Å². The summed E-state index contributed by atoms with van der Waals surface area (Å²) in [6.07, 6.45) is 27.0. The maximum atomic E-state index is 10.5. The maximum absolute atomic E-state index is 10.5. The molecule has 2 heteroatoms. The molecule has 2 nitrogen and oxygen atoms in total. The van der Waals surface area contributed by atoms with E-state index < -0.39 is 0 Å². The Morgan fingerprint density at radius 3 is 0.963 bits per heavy atom. The number of hydrogen-bond donors (Lipinski definition) is 0. The predicted octanol–water partition coefficient (Wildman–Crippen LogP) is 6.34. The van der Waals surface area contributed by atoms with E-state index >= 15 is 0 Å². The zero-order valence-corrected chi connectivity index (χ0v) is 17.0. The number of hydrogen-bond acceptors (Lipinski definition) is 2. The van der Waals surface area contributed by atoms with E-state index in [1.54, 1.807) is 26.0 Å². The van der Waals surface area contributed by atoms with E-state index in [0.717, 1.165) is 29.3 Å². The van der Waals surface area contributed by atoms with Gasteiger partial charge >= 0.3 is 0 Å². The summed E-state index contributed by atoms with van der Waals surface area (Å²) >= 11 is 0. The van der Waals surface area contributed by atoms with Gasteiger partial charge in [-0.2, -0.15) is 0 Å². The topological polar surface area (TPSA) is 34.1 Å². The molecule has 0 aromatic carbocycles. The number of carbonyl (C=O) groups is 2. The van der Waals surface area contributed by atoms with Crippen molar-refractivity contribution in [2.75, 3.05) is 0 Å². The van der Waals surface area contributed by atoms with Crippen molar-refractivity contribution < 1.29 is 9.59 Å². The highest BCUT2D eigenvalue weighted by atomic mass is 16.1. The highest BCUT2D eigenvalue weighted by molar-refractivity contribution is 5.73. The summed E-state index contributed by atoms with van der Waals surface area (Å²) in [7, 11) is 0. The molecule has 0 unspecified atom stereocenters. The van der Waals surface area contributed by atoms with Crippen LogP contribution in [0.1, 0.15) is 34.6 Å². The number of carbonyl (C=O) groups excluding carboxylic acids is 2. The highest BCUT2D eigenvalue weighted by Crippen LogP contribution is 2.02. The van der Waals surface area contributed by atoms with E-state index in [2.05, 4.69) is 0 Å². The minimum absolute atomic E-state index is 0.701. The number of allylic oxidation sites excluding steroid dienone is 18. The highest BCUT2D eigenvalue weighted by Gasteiger charge is 1.82. The van der Waals surface area contributed by atoms with Crippen molar-refractivity contribution in [3.05, 3.63) is 107 Å². The molecule has 0 aliphatic rings. The zero-order valence-electron chi connectivity index (χ0n) is 17.0. The molecular formula is C25H30O2. The molecule has 0 N–H and O–H groups in total. The summed E-state index contributed by atoms with van der Waals surface area (Å²) in [5.41, 5.74) is 4.75. The van der Waals surface area contributed by atoms with Crippen molar-refractivity contribution >= 4 is 12.6 Å². The second-order valence-corrected chi connectivity index (χ2v) is 6.25. The predicted molar refractivity (Wildman–Crippen MR) is 117 cm³/mol. The van der Waals surface area contributed by atoms with E-state index in [1.165, 1.54) is 0 Å². The molecule has 0 saturated heterocycles. The fourth-order valence-corrected chi connectivity index (χ4v) is 1.71. The summed E-state index contributed by atoms with van der Waals surface area (Å²) in [6.45, 7) is 9.61. The van der Waals surface area contributed by atoms with Crippen LogP contribution >= 0.6 is 0 Å². The third-order valence-electron chi connectivity index (χ3n) is 3.36. The molecule has 0 aromatic heterocycles. The second-order valence-electron chi connectivity index (χ2n) is 6.25. The first-order chi connectivity index (χ1) is 12.9. The van der Waals surface area contributed by atoms with Gasteiger partial charge in [0, 0.05) is 0 Å². The van der Waals surface area contributed by atoms with Crippen LogP contribution in [0.5, 0.6) is 0 Å². The fraction of sp³-hybridized carbons (Fsp3) is 0.200. The molecule has 0 bridgehead atoms. The molecule has 0 atom stereocenters. The van der Waals surface area contributed by atoms with Crippen LogP contribution in [0.2, 0.25) is 0 Å². The normalized spacial score (nSPS) is 15.7. The fourth-order valence-electron chi connectivity index (χ4n) is 1.71. The Balaban J connectivity index is 4.65. The minimum Gasteiger partial charge on any atom is -0.298 e. The van der Waals surface area contributed by atoms with Gasteiger partial charge in [0.05, 0.1) is 0 Å². The van der Waals surface area contributed by atoms with E-state index in [9.17, 15) is 9.59 Å². The molecule has 0 aromatic rings. The van der Waals surface area contributed by atoms with E-state index in [-0.39, 0.29) is 0 Å². The first kappa shape index (κ1) is 24.0. The Kier molecular flexibility index (Phi) is 13.6. The van der Waals surface area contributed by atoms with E-state index in [1.807, 2.05) is 87.6 Å². The molecule has 0 heterocycles. The SMILES string of the molecule is C\C(C=O)=C/C=C/C(C)=C/C=C/C=C(C)/C=C/C=C(C)/C=C/C=C(\C)C=O. The van der Waals surface area contributed by atoms with Crippen molar-refractivity contribution in [2.45, 2.75) is 34.6 Å². The van der Waals surface area contributed by atoms with Crippen LogP contribution in [0.3, 0.4) is 0 Å². The van der Waals surface area contributed by atoms with Gasteiger partial charge in [-0.05, 0) is 45.8 Å². The van der Waals surface area contributed by atoms with Gasteiger partial charge < -0.3 is 0 Å². The average Bonchev–Trinajstić information content (AvgIpc) is 2.64. The lowest BCUT2D eigenvalue weighted by Gasteiger charge is -1.90. The number of aldehydes is 2. The summed E-state index contributed by atoms with van der Waals surface area (Å²) in [5, 5.41) is 0. The quantitative estimate of drug-likeness (QED) is 0.258. The van der Waals surface area contributed by atoms with E-state index in [0.29, 0.717) is 11.1 Å². The van der Waals surface area contributed by atoms with Gasteiger partial charge in [-0.25, -0.2) is 0 Å². The van der Waals surface area contributed by atoms with Crippen molar-refractivity contribution in [3.63, 3.8) is 0 Å². The van der Waals surface area contributed by atoms with Crippen LogP contribution in [0.15, 0.2) is 107 Å². The molecular weight excluding hydrogens is 332 g/mol. The molecule has 0 aliphatic heterocycles. The molecule has 0 spiro atoms. The van der Waals surface area contributed by atoms with E-state index in [4.69, 9.17) is 0 Å².